The fourth-order valence-corrected chi connectivity index (χ4v) is 3.05. The number of carbonyl (C=O) groups is 1. The van der Waals surface area contributed by atoms with E-state index >= 15 is 0 Å². The SMILES string of the molecule is CC[C@@H](Sc1n[nH]c(-c2ccc(C)cc2)n1)C(=O)Nc1cc(C)on1. The summed E-state index contributed by atoms with van der Waals surface area (Å²) in [7, 11) is 0. The molecule has 25 heavy (non-hydrogen) atoms. The van der Waals surface area contributed by atoms with Crippen molar-refractivity contribution in [1.82, 2.24) is 20.3 Å². The van der Waals surface area contributed by atoms with Crippen LogP contribution in [0.25, 0.3) is 11.4 Å². The topological polar surface area (TPSA) is 96.7 Å². The van der Waals surface area contributed by atoms with Crippen molar-refractivity contribution in [2.45, 2.75) is 37.6 Å². The number of nitrogens with one attached hydrogen (secondary N) is 2. The summed E-state index contributed by atoms with van der Waals surface area (Å²) < 4.78 is 4.96. The Morgan fingerprint density at radius 3 is 2.72 bits per heavy atom. The lowest BCUT2D eigenvalue weighted by atomic mass is 10.1. The monoisotopic (exact) mass is 357 g/mol. The molecule has 3 rings (SSSR count). The summed E-state index contributed by atoms with van der Waals surface area (Å²) in [6.45, 7) is 5.75. The molecule has 7 nitrogen and oxygen atoms in total. The summed E-state index contributed by atoms with van der Waals surface area (Å²) in [5.74, 6) is 1.59. The minimum absolute atomic E-state index is 0.150. The Hall–Kier alpha value is -2.61. The van der Waals surface area contributed by atoms with Gasteiger partial charge in [0.15, 0.2) is 11.6 Å². The summed E-state index contributed by atoms with van der Waals surface area (Å²) in [5, 5.41) is 13.9. The third-order valence-electron chi connectivity index (χ3n) is 3.58. The van der Waals surface area contributed by atoms with Crippen molar-refractivity contribution in [3.8, 4) is 11.4 Å². The number of rotatable bonds is 6. The zero-order chi connectivity index (χ0) is 17.8. The van der Waals surface area contributed by atoms with E-state index in [2.05, 4.69) is 25.7 Å². The fourth-order valence-electron chi connectivity index (χ4n) is 2.22. The third kappa shape index (κ3) is 4.27. The molecule has 3 aromatic rings. The average molecular weight is 357 g/mol. The van der Waals surface area contributed by atoms with Gasteiger partial charge in [-0.1, -0.05) is 53.7 Å². The Morgan fingerprint density at radius 2 is 2.08 bits per heavy atom. The molecule has 0 radical (unpaired) electrons. The molecule has 0 fully saturated rings. The molecule has 0 spiro atoms. The lowest BCUT2D eigenvalue weighted by Crippen LogP contribution is -2.24. The van der Waals surface area contributed by atoms with Gasteiger partial charge in [-0.3, -0.25) is 9.89 Å². The first kappa shape index (κ1) is 17.2. The largest absolute Gasteiger partial charge is 0.360 e. The number of H-pyrrole nitrogens is 1. The molecule has 2 heterocycles. The second kappa shape index (κ2) is 7.52. The van der Waals surface area contributed by atoms with Crippen LogP contribution in [0, 0.1) is 13.8 Å². The van der Waals surface area contributed by atoms with Gasteiger partial charge < -0.3 is 9.84 Å². The maximum absolute atomic E-state index is 12.4. The molecule has 0 saturated heterocycles. The van der Waals surface area contributed by atoms with Crippen LogP contribution in [0.15, 0.2) is 40.0 Å². The predicted octanol–water partition coefficient (Wildman–Crippen LogP) is 3.59. The Kier molecular flexibility index (Phi) is 5.18. The highest BCUT2D eigenvalue weighted by molar-refractivity contribution is 8.00. The Balaban J connectivity index is 1.67. The number of thioether (sulfide) groups is 1. The van der Waals surface area contributed by atoms with Gasteiger partial charge in [0.2, 0.25) is 11.1 Å². The van der Waals surface area contributed by atoms with Gasteiger partial charge in [-0.15, -0.1) is 5.10 Å². The molecule has 0 aliphatic heterocycles. The number of aromatic nitrogens is 4. The molecule has 1 amide bonds. The van der Waals surface area contributed by atoms with Crippen LogP contribution in [0.2, 0.25) is 0 Å². The minimum Gasteiger partial charge on any atom is -0.360 e. The van der Waals surface area contributed by atoms with Crippen molar-refractivity contribution in [3.63, 3.8) is 0 Å². The Labute approximate surface area is 149 Å². The highest BCUT2D eigenvalue weighted by Gasteiger charge is 2.21. The molecule has 1 atom stereocenters. The second-order valence-corrected chi connectivity index (χ2v) is 6.83. The number of hydrogen-bond acceptors (Lipinski definition) is 6. The maximum atomic E-state index is 12.4. The van der Waals surface area contributed by atoms with E-state index in [1.165, 1.54) is 17.3 Å². The van der Waals surface area contributed by atoms with Crippen molar-refractivity contribution >= 4 is 23.5 Å². The molecule has 2 aromatic heterocycles. The predicted molar refractivity (Wildman–Crippen MR) is 96.4 cm³/mol. The molecule has 0 aliphatic rings. The summed E-state index contributed by atoms with van der Waals surface area (Å²) in [6, 6.07) is 9.69. The van der Waals surface area contributed by atoms with Crippen molar-refractivity contribution in [3.05, 3.63) is 41.7 Å². The van der Waals surface area contributed by atoms with E-state index in [9.17, 15) is 4.79 Å². The summed E-state index contributed by atoms with van der Waals surface area (Å²) in [4.78, 5) is 16.9. The number of benzene rings is 1. The van der Waals surface area contributed by atoms with Gasteiger partial charge in [0.1, 0.15) is 5.76 Å². The van der Waals surface area contributed by atoms with Gasteiger partial charge >= 0.3 is 0 Å². The molecule has 0 unspecified atom stereocenters. The summed E-state index contributed by atoms with van der Waals surface area (Å²) in [5.41, 5.74) is 2.14. The van der Waals surface area contributed by atoms with Crippen LogP contribution in [-0.2, 0) is 4.79 Å². The van der Waals surface area contributed by atoms with Crippen LogP contribution in [0.1, 0.15) is 24.7 Å². The molecule has 2 N–H and O–H groups in total. The molecular formula is C17H19N5O2S. The van der Waals surface area contributed by atoms with E-state index in [4.69, 9.17) is 4.52 Å². The molecule has 130 valence electrons. The first-order valence-corrected chi connectivity index (χ1v) is 8.83. The van der Waals surface area contributed by atoms with Crippen LogP contribution >= 0.6 is 11.8 Å². The van der Waals surface area contributed by atoms with Crippen molar-refractivity contribution in [2.75, 3.05) is 5.32 Å². The molecular weight excluding hydrogens is 338 g/mol. The van der Waals surface area contributed by atoms with Crippen molar-refractivity contribution < 1.29 is 9.32 Å². The maximum Gasteiger partial charge on any atom is 0.239 e. The van der Waals surface area contributed by atoms with Crippen LogP contribution in [0.5, 0.6) is 0 Å². The Morgan fingerprint density at radius 1 is 1.32 bits per heavy atom. The molecule has 0 saturated carbocycles. The molecule has 0 bridgehead atoms. The number of nitrogens with zero attached hydrogens (tertiary/aromatic N) is 3. The van der Waals surface area contributed by atoms with Crippen LogP contribution in [0.3, 0.4) is 0 Å². The third-order valence-corrected chi connectivity index (χ3v) is 4.81. The van der Waals surface area contributed by atoms with Gasteiger partial charge in [0, 0.05) is 11.6 Å². The van der Waals surface area contributed by atoms with Crippen LogP contribution < -0.4 is 5.32 Å². The smallest absolute Gasteiger partial charge is 0.239 e. The van der Waals surface area contributed by atoms with E-state index in [1.807, 2.05) is 38.1 Å². The quantitative estimate of drug-likeness (QED) is 0.655. The van der Waals surface area contributed by atoms with E-state index in [1.54, 1.807) is 13.0 Å². The van der Waals surface area contributed by atoms with E-state index in [-0.39, 0.29) is 11.2 Å². The number of amides is 1. The highest BCUT2D eigenvalue weighted by Crippen LogP contribution is 2.25. The van der Waals surface area contributed by atoms with Gasteiger partial charge in [-0.2, -0.15) is 0 Å². The average Bonchev–Trinajstić information content (AvgIpc) is 3.22. The molecule has 1 aromatic carbocycles. The first-order valence-electron chi connectivity index (χ1n) is 7.95. The second-order valence-electron chi connectivity index (χ2n) is 5.66. The number of aromatic amines is 1. The molecule has 0 aliphatic carbocycles. The highest BCUT2D eigenvalue weighted by atomic mass is 32.2. The first-order chi connectivity index (χ1) is 12.0. The van der Waals surface area contributed by atoms with E-state index in [0.717, 1.165) is 5.56 Å². The summed E-state index contributed by atoms with van der Waals surface area (Å²) in [6.07, 6.45) is 0.641. The zero-order valence-electron chi connectivity index (χ0n) is 14.2. The standard InChI is InChI=1S/C17H19N5O2S/c1-4-13(16(23)18-14-9-11(3)24-22-14)25-17-19-15(20-21-17)12-7-5-10(2)6-8-12/h5-9,13H,4H2,1-3H3,(H,18,22,23)(H,19,20,21)/t13-/m1/s1. The van der Waals surface area contributed by atoms with Gasteiger partial charge in [0.05, 0.1) is 5.25 Å². The number of anilines is 1. The Bertz CT molecular complexity index is 856. The molecule has 8 heteroatoms. The number of aryl methyl sites for hydroxylation is 2. The lowest BCUT2D eigenvalue weighted by Gasteiger charge is -2.10. The minimum atomic E-state index is -0.321. The zero-order valence-corrected chi connectivity index (χ0v) is 15.1. The lowest BCUT2D eigenvalue weighted by molar-refractivity contribution is -0.115. The fraction of sp³-hybridized carbons (Fsp3) is 0.294. The summed E-state index contributed by atoms with van der Waals surface area (Å²) >= 11 is 1.32. The van der Waals surface area contributed by atoms with E-state index < -0.39 is 0 Å². The van der Waals surface area contributed by atoms with Crippen molar-refractivity contribution in [2.24, 2.45) is 0 Å². The van der Waals surface area contributed by atoms with Gasteiger partial charge in [-0.25, -0.2) is 4.98 Å². The number of hydrogen-bond donors (Lipinski definition) is 2. The van der Waals surface area contributed by atoms with Crippen LogP contribution in [-0.4, -0.2) is 31.5 Å². The van der Waals surface area contributed by atoms with Gasteiger partial charge in [-0.05, 0) is 20.3 Å². The van der Waals surface area contributed by atoms with Crippen LogP contribution in [0.4, 0.5) is 5.82 Å². The van der Waals surface area contributed by atoms with Crippen molar-refractivity contribution in [1.29, 1.82) is 0 Å². The van der Waals surface area contributed by atoms with Gasteiger partial charge in [0.25, 0.3) is 0 Å². The normalized spacial score (nSPS) is 12.1. The van der Waals surface area contributed by atoms with E-state index in [0.29, 0.717) is 29.0 Å². The number of carbonyl (C=O) groups excluding carboxylic acids is 1.